The molecular formula is C71H48N2. The highest BCUT2D eigenvalue weighted by atomic mass is 15.2. The van der Waals surface area contributed by atoms with Crippen LogP contribution in [0.4, 0.5) is 17.1 Å². The van der Waals surface area contributed by atoms with Gasteiger partial charge in [0.05, 0.1) is 33.5 Å². The number of hydrogen-bond acceptors (Lipinski definition) is 1. The van der Waals surface area contributed by atoms with Gasteiger partial charge in [-0.05, 0) is 109 Å². The molecule has 342 valence electrons. The molecule has 0 bridgehead atoms. The lowest BCUT2D eigenvalue weighted by Crippen LogP contribution is -2.28. The van der Waals surface area contributed by atoms with Crippen LogP contribution in [0.15, 0.2) is 291 Å². The van der Waals surface area contributed by atoms with E-state index in [1.54, 1.807) is 0 Å². The predicted molar refractivity (Wildman–Crippen MR) is 307 cm³/mol. The zero-order valence-electron chi connectivity index (χ0n) is 40.1. The van der Waals surface area contributed by atoms with Gasteiger partial charge in [0, 0.05) is 33.2 Å². The summed E-state index contributed by atoms with van der Waals surface area (Å²) in [5.74, 6) is 0. The second-order valence-corrected chi connectivity index (χ2v) is 19.1. The van der Waals surface area contributed by atoms with Gasteiger partial charge in [-0.15, -0.1) is 0 Å². The first kappa shape index (κ1) is 42.4. The lowest BCUT2D eigenvalue weighted by atomic mass is 9.68. The maximum absolute atomic E-state index is 2.58. The molecule has 14 rings (SSSR count). The first-order chi connectivity index (χ1) is 36.3. The van der Waals surface area contributed by atoms with E-state index in [2.05, 4.69) is 301 Å². The lowest BCUT2D eigenvalue weighted by Gasteiger charge is -2.35. The second kappa shape index (κ2) is 17.4. The van der Waals surface area contributed by atoms with Crippen molar-refractivity contribution in [3.63, 3.8) is 0 Å². The largest absolute Gasteiger partial charge is 0.309 e. The van der Waals surface area contributed by atoms with Gasteiger partial charge in [0.2, 0.25) is 0 Å². The standard InChI is InChI=1S/C71H48N2/c1-5-24-49(25-6-1)56-38-21-26-50-27-22-39-59(69(50)56)57-35-15-20-44-66(57)73(64-42-18-14-34-55(64)51-46-47-67-61(48-51)58-36-16-19-43-65(58)72(67)54-32-11-4-12-33-54)68-45-23-41-63-70(68)60-37-13-17-40-62(60)71(63,52-28-7-2-8-29-52)53-30-9-3-10-31-53/h1-48H. The van der Waals surface area contributed by atoms with E-state index in [-0.39, 0.29) is 0 Å². The Kier molecular flexibility index (Phi) is 10.1. The van der Waals surface area contributed by atoms with Crippen LogP contribution >= 0.6 is 0 Å². The molecule has 12 aromatic carbocycles. The number of anilines is 3. The Balaban J connectivity index is 1.08. The number of nitrogens with zero attached hydrogens (tertiary/aromatic N) is 2. The van der Waals surface area contributed by atoms with E-state index in [1.165, 1.54) is 82.6 Å². The monoisotopic (exact) mass is 928 g/mol. The summed E-state index contributed by atoms with van der Waals surface area (Å²) in [5.41, 5.74) is 20.7. The summed E-state index contributed by atoms with van der Waals surface area (Å²) >= 11 is 0. The van der Waals surface area contributed by atoms with E-state index in [0.717, 1.165) is 39.4 Å². The van der Waals surface area contributed by atoms with E-state index in [1.807, 2.05) is 0 Å². The van der Waals surface area contributed by atoms with Crippen molar-refractivity contribution in [3.8, 4) is 50.2 Å². The van der Waals surface area contributed by atoms with Gasteiger partial charge in [-0.3, -0.25) is 0 Å². The number of aromatic nitrogens is 1. The minimum absolute atomic E-state index is 0.576. The highest BCUT2D eigenvalue weighted by Crippen LogP contribution is 2.60. The molecule has 13 aromatic rings. The van der Waals surface area contributed by atoms with Crippen LogP contribution in [0.5, 0.6) is 0 Å². The Morgan fingerprint density at radius 2 is 0.808 bits per heavy atom. The van der Waals surface area contributed by atoms with E-state index in [0.29, 0.717) is 0 Å². The van der Waals surface area contributed by atoms with E-state index < -0.39 is 5.41 Å². The number of para-hydroxylation sites is 4. The zero-order chi connectivity index (χ0) is 48.3. The topological polar surface area (TPSA) is 8.17 Å². The molecule has 0 atom stereocenters. The molecular weight excluding hydrogens is 881 g/mol. The highest BCUT2D eigenvalue weighted by Gasteiger charge is 2.47. The van der Waals surface area contributed by atoms with Gasteiger partial charge in [-0.25, -0.2) is 0 Å². The molecule has 0 N–H and O–H groups in total. The van der Waals surface area contributed by atoms with E-state index >= 15 is 0 Å². The third-order valence-corrected chi connectivity index (χ3v) is 15.3. The maximum Gasteiger partial charge on any atom is 0.0714 e. The Bertz CT molecular complexity index is 4150. The van der Waals surface area contributed by atoms with Crippen molar-refractivity contribution in [2.75, 3.05) is 4.90 Å². The zero-order valence-corrected chi connectivity index (χ0v) is 40.1. The second-order valence-electron chi connectivity index (χ2n) is 19.1. The molecule has 0 fully saturated rings. The Morgan fingerprint density at radius 3 is 1.53 bits per heavy atom. The Morgan fingerprint density at radius 1 is 0.301 bits per heavy atom. The number of hydrogen-bond donors (Lipinski definition) is 0. The van der Waals surface area contributed by atoms with Crippen molar-refractivity contribution in [1.29, 1.82) is 0 Å². The molecule has 0 radical (unpaired) electrons. The highest BCUT2D eigenvalue weighted by molar-refractivity contribution is 6.12. The van der Waals surface area contributed by atoms with Crippen molar-refractivity contribution in [1.82, 2.24) is 4.57 Å². The van der Waals surface area contributed by atoms with Crippen LogP contribution < -0.4 is 4.90 Å². The van der Waals surface area contributed by atoms with E-state index in [9.17, 15) is 0 Å². The summed E-state index contributed by atoms with van der Waals surface area (Å²) < 4.78 is 2.40. The molecule has 1 aromatic heterocycles. The number of fused-ring (bicyclic) bond motifs is 7. The average molecular weight is 929 g/mol. The summed E-state index contributed by atoms with van der Waals surface area (Å²) in [4.78, 5) is 2.58. The molecule has 73 heavy (non-hydrogen) atoms. The van der Waals surface area contributed by atoms with Crippen LogP contribution in [0, 0.1) is 0 Å². The molecule has 0 saturated heterocycles. The Hall–Kier alpha value is -9.50. The summed E-state index contributed by atoms with van der Waals surface area (Å²) in [5, 5.41) is 4.87. The minimum Gasteiger partial charge on any atom is -0.309 e. The van der Waals surface area contributed by atoms with Crippen LogP contribution in [0.25, 0.3) is 82.8 Å². The van der Waals surface area contributed by atoms with Gasteiger partial charge >= 0.3 is 0 Å². The summed E-state index contributed by atoms with van der Waals surface area (Å²) in [6.45, 7) is 0. The third-order valence-electron chi connectivity index (χ3n) is 15.3. The van der Waals surface area contributed by atoms with Crippen molar-refractivity contribution < 1.29 is 0 Å². The van der Waals surface area contributed by atoms with Crippen molar-refractivity contribution >= 4 is 49.6 Å². The fourth-order valence-corrected chi connectivity index (χ4v) is 12.3. The van der Waals surface area contributed by atoms with Crippen LogP contribution in [0.2, 0.25) is 0 Å². The predicted octanol–water partition coefficient (Wildman–Crippen LogP) is 18.8. The third kappa shape index (κ3) is 6.65. The SMILES string of the molecule is c1ccc(-c2cccc3cccc(-c4ccccc4N(c4ccccc4-c4ccc5c(c4)c4ccccc4n5-c4ccccc4)c4cccc5c4-c4ccccc4C5(c4ccccc4)c4ccccc4)c23)cc1. The number of rotatable bonds is 9. The average Bonchev–Trinajstić information content (AvgIpc) is 3.97. The van der Waals surface area contributed by atoms with Gasteiger partial charge in [0.1, 0.15) is 0 Å². The number of benzene rings is 12. The Labute approximate surface area is 426 Å². The molecule has 0 spiro atoms. The lowest BCUT2D eigenvalue weighted by molar-refractivity contribution is 0.768. The smallest absolute Gasteiger partial charge is 0.0714 e. The fraction of sp³-hybridized carbons (Fsp3) is 0.0141. The van der Waals surface area contributed by atoms with Crippen LogP contribution in [0.1, 0.15) is 22.3 Å². The van der Waals surface area contributed by atoms with E-state index in [4.69, 9.17) is 0 Å². The first-order valence-corrected chi connectivity index (χ1v) is 25.3. The molecule has 0 aliphatic heterocycles. The summed E-state index contributed by atoms with van der Waals surface area (Å²) in [7, 11) is 0. The maximum atomic E-state index is 2.58. The minimum atomic E-state index is -0.576. The molecule has 0 unspecified atom stereocenters. The van der Waals surface area contributed by atoms with Crippen LogP contribution in [-0.2, 0) is 5.41 Å². The molecule has 1 heterocycles. The van der Waals surface area contributed by atoms with Crippen molar-refractivity contribution in [3.05, 3.63) is 313 Å². The van der Waals surface area contributed by atoms with Gasteiger partial charge in [0.25, 0.3) is 0 Å². The van der Waals surface area contributed by atoms with Crippen molar-refractivity contribution in [2.24, 2.45) is 0 Å². The first-order valence-electron chi connectivity index (χ1n) is 25.3. The molecule has 2 heteroatoms. The normalized spacial score (nSPS) is 12.5. The van der Waals surface area contributed by atoms with Gasteiger partial charge < -0.3 is 9.47 Å². The fourth-order valence-electron chi connectivity index (χ4n) is 12.3. The van der Waals surface area contributed by atoms with Crippen molar-refractivity contribution in [2.45, 2.75) is 5.41 Å². The quantitative estimate of drug-likeness (QED) is 0.140. The molecule has 0 amide bonds. The van der Waals surface area contributed by atoms with Gasteiger partial charge in [0.15, 0.2) is 0 Å². The van der Waals surface area contributed by atoms with Crippen LogP contribution in [0.3, 0.4) is 0 Å². The van der Waals surface area contributed by atoms with Gasteiger partial charge in [-0.2, -0.15) is 0 Å². The summed E-state index contributed by atoms with van der Waals surface area (Å²) in [6.07, 6.45) is 0. The summed E-state index contributed by atoms with van der Waals surface area (Å²) in [6, 6.07) is 107. The molecule has 0 saturated carbocycles. The molecule has 2 nitrogen and oxygen atoms in total. The van der Waals surface area contributed by atoms with Gasteiger partial charge in [-0.1, -0.05) is 243 Å². The van der Waals surface area contributed by atoms with Crippen LogP contribution in [-0.4, -0.2) is 4.57 Å². The molecule has 1 aliphatic carbocycles. The molecule has 1 aliphatic rings.